The van der Waals surface area contributed by atoms with Crippen molar-refractivity contribution in [3.05, 3.63) is 36.4 Å². The fraction of sp³-hybridized carbons (Fsp3) is 0.467. The highest BCUT2D eigenvalue weighted by Gasteiger charge is 1.98. The van der Waals surface area contributed by atoms with E-state index in [0.717, 1.165) is 43.2 Å². The average Bonchev–Trinajstić information content (AvgIpc) is 2.41. The molecule has 0 radical (unpaired) electrons. The quantitative estimate of drug-likeness (QED) is 0.682. The van der Waals surface area contributed by atoms with Crippen molar-refractivity contribution >= 4 is 0 Å². The molecule has 0 heterocycles. The maximum atomic E-state index is 5.63. The lowest BCUT2D eigenvalue weighted by atomic mass is 10.3. The second-order valence-electron chi connectivity index (χ2n) is 4.14. The van der Waals surface area contributed by atoms with Crippen LogP contribution in [0.1, 0.15) is 20.3 Å². The van der Waals surface area contributed by atoms with Crippen molar-refractivity contribution in [2.75, 3.05) is 26.3 Å². The van der Waals surface area contributed by atoms with E-state index in [1.165, 1.54) is 0 Å². The van der Waals surface area contributed by atoms with E-state index >= 15 is 0 Å². The van der Waals surface area contributed by atoms with Crippen LogP contribution in [0.5, 0.6) is 11.5 Å². The van der Waals surface area contributed by atoms with Gasteiger partial charge >= 0.3 is 0 Å². The second kappa shape index (κ2) is 8.59. The summed E-state index contributed by atoms with van der Waals surface area (Å²) in [5.41, 5.74) is 1.04. The molecule has 3 heteroatoms. The standard InChI is InChI=1S/C15H23NO2/c1-4-10-17-14-6-8-15(9-7-14)18-12-13(3)11-16-5-2/h6-9,16H,3-5,10-12H2,1-2H3. The molecule has 18 heavy (non-hydrogen) atoms. The highest BCUT2D eigenvalue weighted by Crippen LogP contribution is 2.18. The van der Waals surface area contributed by atoms with Gasteiger partial charge in [0.05, 0.1) is 6.61 Å². The van der Waals surface area contributed by atoms with Crippen LogP contribution < -0.4 is 14.8 Å². The highest BCUT2D eigenvalue weighted by atomic mass is 16.5. The lowest BCUT2D eigenvalue weighted by molar-refractivity contribution is 0.315. The molecule has 0 fully saturated rings. The van der Waals surface area contributed by atoms with Gasteiger partial charge in [-0.15, -0.1) is 0 Å². The summed E-state index contributed by atoms with van der Waals surface area (Å²) >= 11 is 0. The first-order valence-corrected chi connectivity index (χ1v) is 6.49. The van der Waals surface area contributed by atoms with Crippen molar-refractivity contribution in [2.24, 2.45) is 0 Å². The first-order valence-electron chi connectivity index (χ1n) is 6.49. The lowest BCUT2D eigenvalue weighted by Crippen LogP contribution is -2.18. The van der Waals surface area contributed by atoms with Gasteiger partial charge in [0.2, 0.25) is 0 Å². The minimum Gasteiger partial charge on any atom is -0.494 e. The van der Waals surface area contributed by atoms with Gasteiger partial charge in [0.25, 0.3) is 0 Å². The van der Waals surface area contributed by atoms with Crippen LogP contribution in [-0.2, 0) is 0 Å². The molecule has 0 aromatic heterocycles. The summed E-state index contributed by atoms with van der Waals surface area (Å²) in [5, 5.41) is 3.22. The van der Waals surface area contributed by atoms with Crippen LogP contribution in [0.2, 0.25) is 0 Å². The molecule has 0 amide bonds. The predicted molar refractivity (Wildman–Crippen MR) is 75.4 cm³/mol. The molecule has 0 aliphatic heterocycles. The Morgan fingerprint density at radius 2 is 1.72 bits per heavy atom. The third-order valence-corrected chi connectivity index (χ3v) is 2.36. The van der Waals surface area contributed by atoms with Crippen LogP contribution in [0.15, 0.2) is 36.4 Å². The maximum Gasteiger partial charge on any atom is 0.120 e. The van der Waals surface area contributed by atoms with Gasteiger partial charge in [-0.05, 0) is 42.8 Å². The summed E-state index contributed by atoms with van der Waals surface area (Å²) in [5.74, 6) is 1.73. The summed E-state index contributed by atoms with van der Waals surface area (Å²) in [6.45, 7) is 11.2. The summed E-state index contributed by atoms with van der Waals surface area (Å²) in [6, 6.07) is 7.70. The van der Waals surface area contributed by atoms with Crippen molar-refractivity contribution in [2.45, 2.75) is 20.3 Å². The smallest absolute Gasteiger partial charge is 0.120 e. The summed E-state index contributed by atoms with van der Waals surface area (Å²) < 4.78 is 11.1. The molecule has 0 atom stereocenters. The number of rotatable bonds is 9. The number of hydrogen-bond donors (Lipinski definition) is 1. The van der Waals surface area contributed by atoms with Gasteiger partial charge in [-0.1, -0.05) is 20.4 Å². The maximum absolute atomic E-state index is 5.63. The molecule has 1 aromatic rings. The Morgan fingerprint density at radius 1 is 1.11 bits per heavy atom. The van der Waals surface area contributed by atoms with Crippen molar-refractivity contribution < 1.29 is 9.47 Å². The zero-order valence-corrected chi connectivity index (χ0v) is 11.4. The molecule has 1 rings (SSSR count). The van der Waals surface area contributed by atoms with E-state index in [-0.39, 0.29) is 0 Å². The number of benzene rings is 1. The van der Waals surface area contributed by atoms with Crippen LogP contribution in [0.25, 0.3) is 0 Å². The molecule has 0 unspecified atom stereocenters. The van der Waals surface area contributed by atoms with E-state index < -0.39 is 0 Å². The molecule has 0 aliphatic rings. The van der Waals surface area contributed by atoms with Gasteiger partial charge in [-0.3, -0.25) is 0 Å². The van der Waals surface area contributed by atoms with Crippen LogP contribution in [-0.4, -0.2) is 26.3 Å². The molecule has 0 saturated heterocycles. The molecule has 3 nitrogen and oxygen atoms in total. The zero-order chi connectivity index (χ0) is 13.2. The molecular weight excluding hydrogens is 226 g/mol. The molecule has 1 aromatic carbocycles. The Labute approximate surface area is 110 Å². The van der Waals surface area contributed by atoms with Crippen molar-refractivity contribution in [3.63, 3.8) is 0 Å². The first-order chi connectivity index (χ1) is 8.76. The van der Waals surface area contributed by atoms with E-state index in [9.17, 15) is 0 Å². The van der Waals surface area contributed by atoms with Crippen LogP contribution >= 0.6 is 0 Å². The van der Waals surface area contributed by atoms with E-state index in [4.69, 9.17) is 9.47 Å². The Balaban J connectivity index is 2.32. The second-order valence-corrected chi connectivity index (χ2v) is 4.14. The third-order valence-electron chi connectivity index (χ3n) is 2.36. The molecule has 0 saturated carbocycles. The molecular formula is C15H23NO2. The fourth-order valence-electron chi connectivity index (χ4n) is 1.39. The number of hydrogen-bond acceptors (Lipinski definition) is 3. The van der Waals surface area contributed by atoms with E-state index in [1.54, 1.807) is 0 Å². The molecule has 0 aliphatic carbocycles. The average molecular weight is 249 g/mol. The zero-order valence-electron chi connectivity index (χ0n) is 11.4. The first kappa shape index (κ1) is 14.6. The van der Waals surface area contributed by atoms with Gasteiger partial charge in [0, 0.05) is 6.54 Å². The number of likely N-dealkylation sites (N-methyl/N-ethyl adjacent to an activating group) is 1. The summed E-state index contributed by atoms with van der Waals surface area (Å²) in [6.07, 6.45) is 1.02. The van der Waals surface area contributed by atoms with Gasteiger partial charge in [0.1, 0.15) is 18.1 Å². The lowest BCUT2D eigenvalue weighted by Gasteiger charge is -2.10. The molecule has 0 bridgehead atoms. The minimum absolute atomic E-state index is 0.544. The van der Waals surface area contributed by atoms with E-state index in [1.807, 2.05) is 24.3 Å². The van der Waals surface area contributed by atoms with E-state index in [0.29, 0.717) is 6.61 Å². The SMILES string of the molecule is C=C(CNCC)COc1ccc(OCCC)cc1. The Morgan fingerprint density at radius 3 is 2.28 bits per heavy atom. The third kappa shape index (κ3) is 5.73. The van der Waals surface area contributed by atoms with E-state index in [2.05, 4.69) is 25.7 Å². The highest BCUT2D eigenvalue weighted by molar-refractivity contribution is 5.31. The van der Waals surface area contributed by atoms with Crippen LogP contribution in [0.4, 0.5) is 0 Å². The Kier molecular flexibility index (Phi) is 6.96. The molecule has 1 N–H and O–H groups in total. The minimum atomic E-state index is 0.544. The van der Waals surface area contributed by atoms with Crippen LogP contribution in [0, 0.1) is 0 Å². The van der Waals surface area contributed by atoms with Gasteiger partial charge < -0.3 is 14.8 Å². The van der Waals surface area contributed by atoms with Crippen molar-refractivity contribution in [1.82, 2.24) is 5.32 Å². The monoisotopic (exact) mass is 249 g/mol. The van der Waals surface area contributed by atoms with Gasteiger partial charge in [0.15, 0.2) is 0 Å². The number of nitrogens with one attached hydrogen (secondary N) is 1. The molecule has 0 spiro atoms. The summed E-state index contributed by atoms with van der Waals surface area (Å²) in [7, 11) is 0. The fourth-order valence-corrected chi connectivity index (χ4v) is 1.39. The Bertz CT molecular complexity index is 346. The van der Waals surface area contributed by atoms with Crippen molar-refractivity contribution in [3.8, 4) is 11.5 Å². The van der Waals surface area contributed by atoms with Crippen LogP contribution in [0.3, 0.4) is 0 Å². The van der Waals surface area contributed by atoms with Crippen molar-refractivity contribution in [1.29, 1.82) is 0 Å². The molecule has 100 valence electrons. The predicted octanol–water partition coefficient (Wildman–Crippen LogP) is 3.02. The Hall–Kier alpha value is -1.48. The van der Waals surface area contributed by atoms with Gasteiger partial charge in [-0.25, -0.2) is 0 Å². The normalized spacial score (nSPS) is 10.1. The largest absolute Gasteiger partial charge is 0.494 e. The topological polar surface area (TPSA) is 30.5 Å². The van der Waals surface area contributed by atoms with Gasteiger partial charge in [-0.2, -0.15) is 0 Å². The summed E-state index contributed by atoms with van der Waals surface area (Å²) in [4.78, 5) is 0. The number of ether oxygens (including phenoxy) is 2.